The van der Waals surface area contributed by atoms with Gasteiger partial charge >= 0.3 is 0 Å². The molecule has 0 atom stereocenters. The number of rotatable bonds is 6. The van der Waals surface area contributed by atoms with Crippen molar-refractivity contribution >= 4 is 6.71 Å². The lowest BCUT2D eigenvalue weighted by Crippen LogP contribution is -2.13. The minimum absolute atomic E-state index is 0.966. The maximum absolute atomic E-state index is 3.17. The van der Waals surface area contributed by atoms with E-state index in [-0.39, 0.29) is 0 Å². The molecule has 1 nitrogen and oxygen atoms in total. The van der Waals surface area contributed by atoms with Gasteiger partial charge < -0.3 is 5.32 Å². The molecule has 0 aliphatic rings. The van der Waals surface area contributed by atoms with Gasteiger partial charge in [-0.1, -0.05) is 32.8 Å². The molecule has 0 saturated heterocycles. The lowest BCUT2D eigenvalue weighted by molar-refractivity contribution is 0.765. The first kappa shape index (κ1) is 10.0. The highest BCUT2D eigenvalue weighted by Crippen LogP contribution is 2.06. The van der Waals surface area contributed by atoms with Crippen LogP contribution in [0.15, 0.2) is 0 Å². The van der Waals surface area contributed by atoms with Crippen LogP contribution in [0.5, 0.6) is 0 Å². The van der Waals surface area contributed by atoms with Gasteiger partial charge in [0.05, 0.1) is 0 Å². The van der Waals surface area contributed by atoms with Crippen LogP contribution in [0, 0.1) is 0 Å². The third-order valence-corrected chi connectivity index (χ3v) is 2.19. The predicted octanol–water partition coefficient (Wildman–Crippen LogP) is 2.13. The molecule has 0 radical (unpaired) electrons. The molecule has 0 amide bonds. The second-order valence-electron chi connectivity index (χ2n) is 2.93. The van der Waals surface area contributed by atoms with Crippen LogP contribution >= 0.6 is 0 Å². The third-order valence-electron chi connectivity index (χ3n) is 2.19. The van der Waals surface area contributed by atoms with Crippen molar-refractivity contribution in [1.29, 1.82) is 0 Å². The first-order valence-electron chi connectivity index (χ1n) is 4.49. The van der Waals surface area contributed by atoms with Crippen LogP contribution in [0.3, 0.4) is 0 Å². The summed E-state index contributed by atoms with van der Waals surface area (Å²) in [6.45, 7) is 6.71. The molecule has 0 aliphatic carbocycles. The van der Waals surface area contributed by atoms with Crippen molar-refractivity contribution in [3.8, 4) is 0 Å². The number of hydrogen-bond acceptors (Lipinski definition) is 1. The van der Waals surface area contributed by atoms with Gasteiger partial charge in [0.25, 0.3) is 0 Å². The predicted molar refractivity (Wildman–Crippen MR) is 50.1 cm³/mol. The fourth-order valence-electron chi connectivity index (χ4n) is 1.26. The van der Waals surface area contributed by atoms with Crippen LogP contribution in [0.4, 0.5) is 0 Å². The molecule has 0 aromatic carbocycles. The molecule has 10 heavy (non-hydrogen) atoms. The highest BCUT2D eigenvalue weighted by atomic mass is 14.8. The van der Waals surface area contributed by atoms with Crippen LogP contribution in [0.1, 0.15) is 20.3 Å². The molecule has 0 aromatic rings. The Morgan fingerprint density at radius 2 is 1.80 bits per heavy atom. The SMILES string of the molecule is CCB(CC)CCCNC. The maximum Gasteiger partial charge on any atom is 0.139 e. The van der Waals surface area contributed by atoms with Gasteiger partial charge in [0.1, 0.15) is 6.71 Å². The summed E-state index contributed by atoms with van der Waals surface area (Å²) in [5.41, 5.74) is 0. The van der Waals surface area contributed by atoms with Gasteiger partial charge in [0.2, 0.25) is 0 Å². The topological polar surface area (TPSA) is 12.0 Å². The molecule has 60 valence electrons. The van der Waals surface area contributed by atoms with Gasteiger partial charge in [0.15, 0.2) is 0 Å². The molecule has 0 heterocycles. The third kappa shape index (κ3) is 4.86. The molecule has 0 aromatic heterocycles. The molecule has 0 bridgehead atoms. The first-order chi connectivity index (χ1) is 4.85. The zero-order chi connectivity index (χ0) is 7.82. The van der Waals surface area contributed by atoms with E-state index in [1.807, 2.05) is 7.05 Å². The van der Waals surface area contributed by atoms with Crippen molar-refractivity contribution in [2.45, 2.75) is 39.2 Å². The minimum Gasteiger partial charge on any atom is -0.320 e. The summed E-state index contributed by atoms with van der Waals surface area (Å²) in [5, 5.41) is 3.17. The second-order valence-corrected chi connectivity index (χ2v) is 2.93. The standard InChI is InChI=1S/C8H20BN/c1-4-9(5-2)7-6-8-10-3/h10H,4-8H2,1-3H3. The van der Waals surface area contributed by atoms with Gasteiger partial charge in [-0.3, -0.25) is 0 Å². The van der Waals surface area contributed by atoms with E-state index in [4.69, 9.17) is 0 Å². The van der Waals surface area contributed by atoms with Crippen molar-refractivity contribution in [2.24, 2.45) is 0 Å². The van der Waals surface area contributed by atoms with Gasteiger partial charge in [-0.2, -0.15) is 0 Å². The quantitative estimate of drug-likeness (QED) is 0.441. The fraction of sp³-hybridized carbons (Fsp3) is 1.00. The van der Waals surface area contributed by atoms with Crippen LogP contribution in [-0.4, -0.2) is 20.3 Å². The minimum atomic E-state index is 0.966. The molecule has 0 saturated carbocycles. The Labute approximate surface area is 65.7 Å². The fourth-order valence-corrected chi connectivity index (χ4v) is 1.26. The molecule has 0 rings (SSSR count). The lowest BCUT2D eigenvalue weighted by atomic mass is 9.43. The van der Waals surface area contributed by atoms with E-state index in [9.17, 15) is 0 Å². The van der Waals surface area contributed by atoms with Crippen molar-refractivity contribution in [1.82, 2.24) is 5.32 Å². The van der Waals surface area contributed by atoms with E-state index in [2.05, 4.69) is 19.2 Å². The smallest absolute Gasteiger partial charge is 0.139 e. The molecule has 0 aliphatic heterocycles. The molecule has 0 fully saturated rings. The summed E-state index contributed by atoms with van der Waals surface area (Å²) in [6, 6.07) is 0. The van der Waals surface area contributed by atoms with Gasteiger partial charge in [-0.05, 0) is 20.0 Å². The summed E-state index contributed by atoms with van der Waals surface area (Å²) >= 11 is 0. The highest BCUT2D eigenvalue weighted by Gasteiger charge is 2.05. The second kappa shape index (κ2) is 7.14. The largest absolute Gasteiger partial charge is 0.320 e. The van der Waals surface area contributed by atoms with E-state index in [1.165, 1.54) is 31.9 Å². The molecular formula is C8H20BN. The molecule has 1 N–H and O–H groups in total. The molecule has 0 spiro atoms. The Hall–Kier alpha value is 0.0249. The Bertz CT molecular complexity index is 62.3. The van der Waals surface area contributed by atoms with Crippen LogP contribution in [-0.2, 0) is 0 Å². The Morgan fingerprint density at radius 1 is 1.20 bits per heavy atom. The van der Waals surface area contributed by atoms with Crippen molar-refractivity contribution in [3.05, 3.63) is 0 Å². The van der Waals surface area contributed by atoms with Gasteiger partial charge in [-0.15, -0.1) is 0 Å². The van der Waals surface area contributed by atoms with Crippen molar-refractivity contribution in [3.63, 3.8) is 0 Å². The highest BCUT2D eigenvalue weighted by molar-refractivity contribution is 6.58. The Balaban J connectivity index is 3.09. The summed E-state index contributed by atoms with van der Waals surface area (Å²) in [5.74, 6) is 0. The normalized spacial score (nSPS) is 9.90. The number of nitrogens with one attached hydrogen (secondary N) is 1. The molecular weight excluding hydrogens is 121 g/mol. The van der Waals surface area contributed by atoms with Crippen molar-refractivity contribution < 1.29 is 0 Å². The van der Waals surface area contributed by atoms with Gasteiger partial charge in [0, 0.05) is 0 Å². The van der Waals surface area contributed by atoms with E-state index in [1.54, 1.807) is 0 Å². The lowest BCUT2D eigenvalue weighted by Gasteiger charge is -2.06. The zero-order valence-electron chi connectivity index (χ0n) is 7.61. The van der Waals surface area contributed by atoms with E-state index >= 15 is 0 Å². The summed E-state index contributed by atoms with van der Waals surface area (Å²) in [7, 11) is 2.02. The Morgan fingerprint density at radius 3 is 2.20 bits per heavy atom. The summed E-state index contributed by atoms with van der Waals surface area (Å²) < 4.78 is 0. The van der Waals surface area contributed by atoms with Crippen LogP contribution < -0.4 is 5.32 Å². The van der Waals surface area contributed by atoms with Gasteiger partial charge in [-0.25, -0.2) is 0 Å². The van der Waals surface area contributed by atoms with E-state index in [0.29, 0.717) is 0 Å². The summed E-state index contributed by atoms with van der Waals surface area (Å²) in [6.07, 6.45) is 5.43. The summed E-state index contributed by atoms with van der Waals surface area (Å²) in [4.78, 5) is 0. The van der Waals surface area contributed by atoms with E-state index < -0.39 is 0 Å². The van der Waals surface area contributed by atoms with Crippen LogP contribution in [0.25, 0.3) is 0 Å². The zero-order valence-corrected chi connectivity index (χ0v) is 7.61. The number of hydrogen-bond donors (Lipinski definition) is 1. The average molecular weight is 141 g/mol. The van der Waals surface area contributed by atoms with Crippen LogP contribution in [0.2, 0.25) is 19.0 Å². The average Bonchev–Trinajstić information content (AvgIpc) is 1.99. The monoisotopic (exact) mass is 141 g/mol. The first-order valence-corrected chi connectivity index (χ1v) is 4.49. The maximum atomic E-state index is 3.17. The molecule has 0 unspecified atom stereocenters. The van der Waals surface area contributed by atoms with Crippen molar-refractivity contribution in [2.75, 3.05) is 13.6 Å². The van der Waals surface area contributed by atoms with E-state index in [0.717, 1.165) is 6.71 Å². The Kier molecular flexibility index (Phi) is 7.15. The molecule has 2 heteroatoms.